The number of amidine groups is 1. The first kappa shape index (κ1) is 17.4. The van der Waals surface area contributed by atoms with Crippen molar-refractivity contribution in [3.63, 3.8) is 0 Å². The number of nitrogens with one attached hydrogen (secondary N) is 2. The van der Waals surface area contributed by atoms with Gasteiger partial charge in [0, 0.05) is 11.6 Å². The molecule has 0 saturated heterocycles. The highest BCUT2D eigenvalue weighted by atomic mass is 16.6. The van der Waals surface area contributed by atoms with Crippen molar-refractivity contribution in [3.05, 3.63) is 41.5 Å². The van der Waals surface area contributed by atoms with E-state index < -0.39 is 17.7 Å². The monoisotopic (exact) mass is 304 g/mol. The Kier molecular flexibility index (Phi) is 5.86. The highest BCUT2D eigenvalue weighted by Gasteiger charge is 2.17. The van der Waals surface area contributed by atoms with Gasteiger partial charge in [0.2, 0.25) is 0 Å². The summed E-state index contributed by atoms with van der Waals surface area (Å²) in [7, 11) is 1.30. The lowest BCUT2D eigenvalue weighted by atomic mass is 10.1. The Morgan fingerprint density at radius 3 is 2.27 bits per heavy atom. The first-order valence-electron chi connectivity index (χ1n) is 6.66. The molecule has 0 radical (unpaired) electrons. The van der Waals surface area contributed by atoms with Crippen molar-refractivity contribution < 1.29 is 19.1 Å². The van der Waals surface area contributed by atoms with Gasteiger partial charge in [0.15, 0.2) is 0 Å². The van der Waals surface area contributed by atoms with Crippen molar-refractivity contribution >= 4 is 24.0 Å². The van der Waals surface area contributed by atoms with Crippen LogP contribution in [-0.2, 0) is 14.3 Å². The number of esters is 1. The highest BCUT2D eigenvalue weighted by molar-refractivity contribution is 6.04. The highest BCUT2D eigenvalue weighted by Crippen LogP contribution is 2.09. The van der Waals surface area contributed by atoms with Crippen LogP contribution < -0.4 is 5.32 Å². The van der Waals surface area contributed by atoms with E-state index in [0.29, 0.717) is 5.56 Å². The van der Waals surface area contributed by atoms with E-state index in [-0.39, 0.29) is 5.84 Å². The lowest BCUT2D eigenvalue weighted by Crippen LogP contribution is -2.36. The maximum absolute atomic E-state index is 11.6. The second-order valence-corrected chi connectivity index (χ2v) is 5.48. The number of benzene rings is 1. The molecule has 0 aromatic heterocycles. The largest absolute Gasteiger partial charge is 0.466 e. The summed E-state index contributed by atoms with van der Waals surface area (Å²) in [5.41, 5.74) is 0.688. The quantitative estimate of drug-likeness (QED) is 0.389. The topological polar surface area (TPSA) is 88.5 Å². The Labute approximate surface area is 129 Å². The molecule has 0 fully saturated rings. The number of alkyl carbamates (subject to hydrolysis) is 1. The van der Waals surface area contributed by atoms with Gasteiger partial charge in [0.05, 0.1) is 7.11 Å². The Hall–Kier alpha value is -2.63. The standard InChI is InChI=1S/C16H20N2O4/c1-16(2,3)22-15(20)18-14(17)12-8-5-11(6-9-12)7-10-13(19)21-4/h5-10H,1-4H3,(H2,17,18,20)/b10-7+. The van der Waals surface area contributed by atoms with Gasteiger partial charge in [-0.1, -0.05) is 24.3 Å². The molecule has 1 amide bonds. The zero-order valence-corrected chi connectivity index (χ0v) is 13.1. The van der Waals surface area contributed by atoms with Crippen molar-refractivity contribution in [1.29, 1.82) is 5.41 Å². The summed E-state index contributed by atoms with van der Waals surface area (Å²) in [4.78, 5) is 22.6. The van der Waals surface area contributed by atoms with E-state index in [1.165, 1.54) is 13.2 Å². The number of ether oxygens (including phenoxy) is 2. The van der Waals surface area contributed by atoms with Gasteiger partial charge >= 0.3 is 12.1 Å². The molecule has 1 rings (SSSR count). The number of carbonyl (C=O) groups excluding carboxylic acids is 2. The Morgan fingerprint density at radius 2 is 1.77 bits per heavy atom. The molecule has 0 aliphatic rings. The molecule has 1 aromatic rings. The van der Waals surface area contributed by atoms with Gasteiger partial charge in [-0.05, 0) is 32.4 Å². The van der Waals surface area contributed by atoms with Crippen LogP contribution in [0, 0.1) is 5.41 Å². The van der Waals surface area contributed by atoms with Crippen molar-refractivity contribution in [3.8, 4) is 0 Å². The smallest absolute Gasteiger partial charge is 0.413 e. The summed E-state index contributed by atoms with van der Waals surface area (Å²) in [6, 6.07) is 6.77. The third kappa shape index (κ3) is 6.21. The van der Waals surface area contributed by atoms with Gasteiger partial charge in [-0.2, -0.15) is 0 Å². The summed E-state index contributed by atoms with van der Waals surface area (Å²) in [6.45, 7) is 5.25. The molecule has 0 unspecified atom stereocenters. The molecule has 6 heteroatoms. The minimum Gasteiger partial charge on any atom is -0.466 e. The van der Waals surface area contributed by atoms with Crippen LogP contribution in [0.1, 0.15) is 31.9 Å². The third-order valence-electron chi connectivity index (χ3n) is 2.44. The minimum atomic E-state index is -0.674. The predicted molar refractivity (Wildman–Crippen MR) is 83.7 cm³/mol. The van der Waals surface area contributed by atoms with Crippen molar-refractivity contribution in [2.75, 3.05) is 7.11 Å². The van der Waals surface area contributed by atoms with E-state index in [0.717, 1.165) is 5.56 Å². The van der Waals surface area contributed by atoms with Crippen LogP contribution in [0.25, 0.3) is 6.08 Å². The summed E-state index contributed by atoms with van der Waals surface area (Å²) in [6.07, 6.45) is 2.23. The predicted octanol–water partition coefficient (Wildman–Crippen LogP) is 2.72. The molecule has 0 spiro atoms. The van der Waals surface area contributed by atoms with Crippen LogP contribution in [-0.4, -0.2) is 30.6 Å². The first-order valence-corrected chi connectivity index (χ1v) is 6.66. The lowest BCUT2D eigenvalue weighted by molar-refractivity contribution is -0.134. The van der Waals surface area contributed by atoms with Gasteiger partial charge in [-0.25, -0.2) is 9.59 Å². The van der Waals surface area contributed by atoms with Crippen molar-refractivity contribution in [2.45, 2.75) is 26.4 Å². The molecule has 118 valence electrons. The SMILES string of the molecule is COC(=O)/C=C/c1ccc(C(=N)NC(=O)OC(C)(C)C)cc1. The maximum atomic E-state index is 11.6. The zero-order chi connectivity index (χ0) is 16.8. The second kappa shape index (κ2) is 7.40. The average Bonchev–Trinajstić information content (AvgIpc) is 2.43. The van der Waals surface area contributed by atoms with Crippen LogP contribution in [0.4, 0.5) is 4.79 Å². The van der Waals surface area contributed by atoms with E-state index >= 15 is 0 Å². The van der Waals surface area contributed by atoms with Crippen LogP contribution in [0.3, 0.4) is 0 Å². The fraction of sp³-hybridized carbons (Fsp3) is 0.312. The average molecular weight is 304 g/mol. The number of rotatable bonds is 3. The normalized spacial score (nSPS) is 11.1. The van der Waals surface area contributed by atoms with Gasteiger partial charge in [0.1, 0.15) is 11.4 Å². The molecule has 0 atom stereocenters. The number of methoxy groups -OCH3 is 1. The first-order chi connectivity index (χ1) is 10.2. The fourth-order valence-corrected chi connectivity index (χ4v) is 1.47. The van der Waals surface area contributed by atoms with E-state index in [4.69, 9.17) is 10.1 Å². The molecule has 2 N–H and O–H groups in total. The minimum absolute atomic E-state index is 0.0576. The molecule has 0 heterocycles. The fourth-order valence-electron chi connectivity index (χ4n) is 1.47. The van der Waals surface area contributed by atoms with Crippen molar-refractivity contribution in [2.24, 2.45) is 0 Å². The van der Waals surface area contributed by atoms with Crippen molar-refractivity contribution in [1.82, 2.24) is 5.32 Å². The second-order valence-electron chi connectivity index (χ2n) is 5.48. The maximum Gasteiger partial charge on any atom is 0.413 e. The summed E-state index contributed by atoms with van der Waals surface area (Å²) in [5, 5.41) is 10.2. The molecule has 0 aliphatic heterocycles. The van der Waals surface area contributed by atoms with E-state index in [9.17, 15) is 9.59 Å². The number of carbonyl (C=O) groups is 2. The molecular formula is C16H20N2O4. The number of hydrogen-bond acceptors (Lipinski definition) is 5. The Balaban J connectivity index is 2.66. The molecular weight excluding hydrogens is 284 g/mol. The van der Waals surface area contributed by atoms with Gasteiger partial charge in [0.25, 0.3) is 0 Å². The van der Waals surface area contributed by atoms with E-state index in [1.54, 1.807) is 51.1 Å². The lowest BCUT2D eigenvalue weighted by Gasteiger charge is -2.19. The molecule has 22 heavy (non-hydrogen) atoms. The molecule has 6 nitrogen and oxygen atoms in total. The molecule has 0 saturated carbocycles. The molecule has 0 bridgehead atoms. The van der Waals surface area contributed by atoms with Crippen LogP contribution in [0.15, 0.2) is 30.3 Å². The summed E-state index contributed by atoms with van der Waals surface area (Å²) < 4.78 is 9.57. The van der Waals surface area contributed by atoms with Crippen LogP contribution in [0.2, 0.25) is 0 Å². The Morgan fingerprint density at radius 1 is 1.18 bits per heavy atom. The Bertz CT molecular complexity index is 583. The van der Waals surface area contributed by atoms with E-state index in [2.05, 4.69) is 10.1 Å². The van der Waals surface area contributed by atoms with Gasteiger partial charge in [-0.3, -0.25) is 10.7 Å². The molecule has 1 aromatic carbocycles. The molecule has 0 aliphatic carbocycles. The van der Waals surface area contributed by atoms with Gasteiger partial charge < -0.3 is 9.47 Å². The van der Waals surface area contributed by atoms with E-state index in [1.807, 2.05) is 0 Å². The zero-order valence-electron chi connectivity index (χ0n) is 13.1. The van der Waals surface area contributed by atoms with Gasteiger partial charge in [-0.15, -0.1) is 0 Å². The number of amides is 1. The summed E-state index contributed by atoms with van der Waals surface area (Å²) >= 11 is 0. The number of hydrogen-bond donors (Lipinski definition) is 2. The van der Waals surface area contributed by atoms with Crippen LogP contribution >= 0.6 is 0 Å². The summed E-state index contributed by atoms with van der Waals surface area (Å²) in [5.74, 6) is -0.499. The third-order valence-corrected chi connectivity index (χ3v) is 2.44. The van der Waals surface area contributed by atoms with Crippen LogP contribution in [0.5, 0.6) is 0 Å².